The van der Waals surface area contributed by atoms with Gasteiger partial charge in [0.25, 0.3) is 0 Å². The fraction of sp³-hybridized carbons (Fsp3) is 1.00. The maximum absolute atomic E-state index is 10.8. The molecule has 0 bridgehead atoms. The highest BCUT2D eigenvalue weighted by Gasteiger charge is 2.54. The predicted molar refractivity (Wildman–Crippen MR) is 159 cm³/mol. The van der Waals surface area contributed by atoms with E-state index in [9.17, 15) is 15.3 Å². The number of methoxy groups -OCH3 is 3. The molecule has 6 unspecified atom stereocenters. The Bertz CT molecular complexity index is 909. The smallest absolute Gasteiger partial charge is 0.185 e. The molecule has 3 aliphatic heterocycles. The van der Waals surface area contributed by atoms with Crippen LogP contribution in [0.1, 0.15) is 0 Å². The van der Waals surface area contributed by atoms with Gasteiger partial charge in [-0.1, -0.05) is 5.11 Å². The maximum Gasteiger partial charge on any atom is 0.185 e. The second-order valence-corrected chi connectivity index (χ2v) is 11.3. The minimum Gasteiger partial charge on any atom is -0.396 e. The lowest BCUT2D eigenvalue weighted by atomic mass is 9.87. The van der Waals surface area contributed by atoms with Crippen molar-refractivity contribution in [2.24, 2.45) is 22.9 Å². The molecule has 3 heterocycles. The van der Waals surface area contributed by atoms with Crippen LogP contribution in [0.3, 0.4) is 0 Å². The molecule has 262 valence electrons. The van der Waals surface area contributed by atoms with Crippen molar-refractivity contribution >= 4 is 0 Å². The van der Waals surface area contributed by atoms with Gasteiger partial charge in [-0.25, -0.2) is 0 Å². The minimum atomic E-state index is -1.01. The van der Waals surface area contributed by atoms with Gasteiger partial charge in [0.1, 0.15) is 30.8 Å². The number of aliphatic hydroxyl groups excluding tert-OH is 3. The van der Waals surface area contributed by atoms with Crippen LogP contribution in [-0.2, 0) is 37.9 Å². The molecule has 0 aliphatic carbocycles. The Hall–Kier alpha value is -1.29. The van der Waals surface area contributed by atoms with Crippen LogP contribution in [0.25, 0.3) is 10.4 Å². The van der Waals surface area contributed by atoms with Crippen molar-refractivity contribution in [2.45, 2.75) is 73.8 Å². The summed E-state index contributed by atoms with van der Waals surface area (Å²) in [5, 5.41) is 47.8. The number of rotatable bonds is 17. The van der Waals surface area contributed by atoms with Gasteiger partial charge in [-0.2, -0.15) is 0 Å². The molecule has 3 aliphatic rings. The summed E-state index contributed by atoms with van der Waals surface area (Å²) < 4.78 is 49.2. The van der Waals surface area contributed by atoms with E-state index in [0.29, 0.717) is 6.54 Å². The predicted octanol–water partition coefficient (Wildman–Crippen LogP) is -2.68. The fourth-order valence-electron chi connectivity index (χ4n) is 6.83. The minimum absolute atomic E-state index is 0.0293. The van der Waals surface area contributed by atoms with Crippen molar-refractivity contribution < 1.29 is 53.2 Å². The van der Waals surface area contributed by atoms with Gasteiger partial charge in [-0.3, -0.25) is 10.6 Å². The number of hydrogen-bond acceptors (Lipinski definition) is 16. The Labute approximate surface area is 264 Å². The highest BCUT2D eigenvalue weighted by atomic mass is 16.7. The van der Waals surface area contributed by atoms with E-state index in [-0.39, 0.29) is 26.4 Å². The molecule has 45 heavy (non-hydrogen) atoms. The van der Waals surface area contributed by atoms with E-state index < -0.39 is 91.6 Å². The highest BCUT2D eigenvalue weighted by Crippen LogP contribution is 2.37. The van der Waals surface area contributed by atoms with Crippen molar-refractivity contribution in [1.29, 1.82) is 0 Å². The van der Waals surface area contributed by atoms with Gasteiger partial charge in [-0.05, 0) is 33.7 Å². The van der Waals surface area contributed by atoms with E-state index in [4.69, 9.17) is 43.4 Å². The van der Waals surface area contributed by atoms with Gasteiger partial charge < -0.3 is 63.8 Å². The van der Waals surface area contributed by atoms with Crippen molar-refractivity contribution in [3.63, 3.8) is 0 Å². The first-order chi connectivity index (χ1) is 21.9. The zero-order chi connectivity index (χ0) is 33.1. The van der Waals surface area contributed by atoms with Crippen LogP contribution in [0.2, 0.25) is 0 Å². The number of likely N-dealkylation sites (N-methyl/N-ethyl adjacent to an activating group) is 4. The lowest BCUT2D eigenvalue weighted by Gasteiger charge is -2.52. The van der Waals surface area contributed by atoms with Crippen LogP contribution >= 0.6 is 0 Å². The highest BCUT2D eigenvalue weighted by molar-refractivity contribution is 4.99. The quantitative estimate of drug-likeness (QED) is 0.0482. The van der Waals surface area contributed by atoms with E-state index in [0.717, 1.165) is 0 Å². The fourth-order valence-corrected chi connectivity index (χ4v) is 6.83. The number of hydrogen-bond donors (Lipinski definition) is 7. The van der Waals surface area contributed by atoms with E-state index in [1.807, 2.05) is 0 Å². The average Bonchev–Trinajstić information content (AvgIpc) is 3.06. The molecule has 18 heteroatoms. The second kappa shape index (κ2) is 18.9. The van der Waals surface area contributed by atoms with Gasteiger partial charge in [0.05, 0.1) is 56.7 Å². The summed E-state index contributed by atoms with van der Waals surface area (Å²) >= 11 is 0. The summed E-state index contributed by atoms with van der Waals surface area (Å²) in [4.78, 5) is 2.86. The Morgan fingerprint density at radius 3 is 1.67 bits per heavy atom. The monoisotopic (exact) mass is 651 g/mol. The molecule has 3 rings (SSSR count). The molecule has 0 saturated carbocycles. The van der Waals surface area contributed by atoms with E-state index in [1.54, 1.807) is 35.3 Å². The molecule has 0 amide bonds. The molecule has 0 aromatic heterocycles. The third kappa shape index (κ3) is 8.42. The topological polar surface area (TPSA) is 231 Å². The van der Waals surface area contributed by atoms with Crippen LogP contribution in [0.15, 0.2) is 5.11 Å². The first-order valence-electron chi connectivity index (χ1n) is 15.2. The normalized spacial score (nSPS) is 42.3. The summed E-state index contributed by atoms with van der Waals surface area (Å²) in [6, 6.07) is -0.425. The zero-order valence-electron chi connectivity index (χ0n) is 27.1. The number of nitrogens with zero attached hydrogens (tertiary/aromatic N) is 3. The molecule has 15 atom stereocenters. The lowest BCUT2D eigenvalue weighted by molar-refractivity contribution is -0.354. The standard InChI is InChI=1S/C27H53N7O11/c1-29-8-16-19(38-5)14(11-36)22(39-6)27(42-16)44-21-15(12-37)20(24(31-3)45-25(21)32-4)43-26-13(10-35)18(30-2)23(40-7)17(41-26)9-33-34-28/h13-27,29-32,35-37H,8-12H2,1-7H3/t13?,14?,15?,16?,17?,18-,19-,20-,21-,22-,23+,24+,25?,26+,27+/m0/s1. The largest absolute Gasteiger partial charge is 0.396 e. The van der Waals surface area contributed by atoms with E-state index >= 15 is 0 Å². The van der Waals surface area contributed by atoms with Gasteiger partial charge >= 0.3 is 0 Å². The molecular weight excluding hydrogens is 598 g/mol. The summed E-state index contributed by atoms with van der Waals surface area (Å²) in [5.74, 6) is -1.78. The third-order valence-electron chi connectivity index (χ3n) is 9.03. The first-order valence-corrected chi connectivity index (χ1v) is 15.2. The van der Waals surface area contributed by atoms with Gasteiger partial charge in [0.15, 0.2) is 12.6 Å². The third-order valence-corrected chi connectivity index (χ3v) is 9.03. The summed E-state index contributed by atoms with van der Waals surface area (Å²) in [6.45, 7) is -0.530. The lowest BCUT2D eigenvalue weighted by Crippen LogP contribution is -2.68. The van der Waals surface area contributed by atoms with Crippen LogP contribution in [-0.4, -0.2) is 172 Å². The molecule has 0 aromatic rings. The first kappa shape index (κ1) is 38.2. The summed E-state index contributed by atoms with van der Waals surface area (Å²) in [7, 11) is 11.5. The zero-order valence-corrected chi connectivity index (χ0v) is 27.1. The molecule has 0 aromatic carbocycles. The summed E-state index contributed by atoms with van der Waals surface area (Å²) in [6.07, 6.45) is -8.04. The summed E-state index contributed by atoms with van der Waals surface area (Å²) in [5.41, 5.74) is 8.95. The SMILES string of the molecule is CNCC1O[C@H](O[C@@H]2C(NC)O[C@@H](NC)[C@@H](O[C@H]3OC(CN=[N+]=[N-])[C@@H](OC)[C@@H](NC)C3CO)C2CO)[C@@H](OC)C(CO)[C@@H]1OC. The van der Waals surface area contributed by atoms with Gasteiger partial charge in [-0.15, -0.1) is 0 Å². The Kier molecular flexibility index (Phi) is 16.0. The molecule has 0 spiro atoms. The Morgan fingerprint density at radius 2 is 1.20 bits per heavy atom. The van der Waals surface area contributed by atoms with Crippen LogP contribution in [0.4, 0.5) is 0 Å². The van der Waals surface area contributed by atoms with Crippen LogP contribution < -0.4 is 21.3 Å². The second-order valence-electron chi connectivity index (χ2n) is 11.3. The van der Waals surface area contributed by atoms with Crippen molar-refractivity contribution in [3.8, 4) is 0 Å². The average molecular weight is 652 g/mol. The number of ether oxygens (including phenoxy) is 8. The molecule has 18 nitrogen and oxygen atoms in total. The van der Waals surface area contributed by atoms with Crippen LogP contribution in [0.5, 0.6) is 0 Å². The van der Waals surface area contributed by atoms with Gasteiger partial charge in [0, 0.05) is 50.7 Å². The van der Waals surface area contributed by atoms with E-state index in [1.165, 1.54) is 14.2 Å². The molecule has 0 radical (unpaired) electrons. The molecule has 3 saturated heterocycles. The number of azide groups is 1. The number of nitrogens with one attached hydrogen (secondary N) is 4. The van der Waals surface area contributed by atoms with Crippen molar-refractivity contribution in [1.82, 2.24) is 21.3 Å². The van der Waals surface area contributed by atoms with Gasteiger partial charge in [0.2, 0.25) is 0 Å². The van der Waals surface area contributed by atoms with E-state index in [2.05, 4.69) is 31.3 Å². The Morgan fingerprint density at radius 1 is 0.667 bits per heavy atom. The van der Waals surface area contributed by atoms with Crippen molar-refractivity contribution in [3.05, 3.63) is 10.4 Å². The van der Waals surface area contributed by atoms with Crippen LogP contribution in [0, 0.1) is 17.8 Å². The van der Waals surface area contributed by atoms with Crippen molar-refractivity contribution in [2.75, 3.05) is 82.4 Å². The Balaban J connectivity index is 1.95. The maximum atomic E-state index is 10.8. The molecular formula is C27H53N7O11. The number of aliphatic hydroxyl groups is 3. The molecule has 3 fully saturated rings. The molecule has 7 N–H and O–H groups in total.